The van der Waals surface area contributed by atoms with Gasteiger partial charge in [-0.15, -0.1) is 11.3 Å². The average molecular weight is 306 g/mol. The lowest BCUT2D eigenvalue weighted by atomic mass is 10.0. The topological polar surface area (TPSA) is 61.3 Å². The average Bonchev–Trinajstić information content (AvgIpc) is 3.12. The standard InChI is InChI=1S/C15H22N4OS/c1-4-11-7-12-13(17-15(16-3)18-14(12)21-11)19-6-5-10(8-19)9(2)20/h7,9-10,20H,4-6,8H2,1-3H3,(H,16,17,18). The predicted octanol–water partition coefficient (Wildman–Crippen LogP) is 2.50. The summed E-state index contributed by atoms with van der Waals surface area (Å²) in [6, 6.07) is 2.21. The van der Waals surface area contributed by atoms with Crippen LogP contribution in [0, 0.1) is 5.92 Å². The summed E-state index contributed by atoms with van der Waals surface area (Å²) in [4.78, 5) is 13.9. The molecule has 0 amide bonds. The number of aliphatic hydroxyl groups is 1. The Bertz CT molecular complexity index is 640. The number of rotatable bonds is 4. The van der Waals surface area contributed by atoms with E-state index in [-0.39, 0.29) is 6.10 Å². The Balaban J connectivity index is 2.02. The molecule has 1 aliphatic rings. The van der Waals surface area contributed by atoms with Crippen LogP contribution in [0.1, 0.15) is 25.1 Å². The van der Waals surface area contributed by atoms with Gasteiger partial charge in [-0.25, -0.2) is 4.98 Å². The summed E-state index contributed by atoms with van der Waals surface area (Å²) >= 11 is 1.74. The molecule has 0 aliphatic carbocycles. The number of fused-ring (bicyclic) bond motifs is 1. The number of hydrogen-bond donors (Lipinski definition) is 2. The van der Waals surface area contributed by atoms with Crippen molar-refractivity contribution in [1.82, 2.24) is 9.97 Å². The first-order chi connectivity index (χ1) is 10.1. The summed E-state index contributed by atoms with van der Waals surface area (Å²) in [5.74, 6) is 2.00. The van der Waals surface area contributed by atoms with Crippen molar-refractivity contribution in [3.8, 4) is 0 Å². The van der Waals surface area contributed by atoms with Crippen LogP contribution in [-0.4, -0.2) is 41.3 Å². The van der Waals surface area contributed by atoms with Crippen LogP contribution < -0.4 is 10.2 Å². The smallest absolute Gasteiger partial charge is 0.225 e. The first-order valence-electron chi connectivity index (χ1n) is 7.53. The molecule has 1 fully saturated rings. The number of aromatic nitrogens is 2. The van der Waals surface area contributed by atoms with E-state index in [1.54, 1.807) is 11.3 Å². The van der Waals surface area contributed by atoms with Crippen molar-refractivity contribution >= 4 is 33.3 Å². The van der Waals surface area contributed by atoms with Crippen LogP contribution in [0.2, 0.25) is 0 Å². The maximum absolute atomic E-state index is 9.80. The zero-order chi connectivity index (χ0) is 15.0. The number of anilines is 2. The van der Waals surface area contributed by atoms with E-state index in [4.69, 9.17) is 0 Å². The number of aryl methyl sites for hydroxylation is 1. The normalized spacial score (nSPS) is 20.2. The highest BCUT2D eigenvalue weighted by Gasteiger charge is 2.28. The molecule has 3 rings (SSSR count). The first-order valence-corrected chi connectivity index (χ1v) is 8.35. The lowest BCUT2D eigenvalue weighted by molar-refractivity contribution is 0.136. The summed E-state index contributed by atoms with van der Waals surface area (Å²) in [5.41, 5.74) is 0. The van der Waals surface area contributed by atoms with Crippen LogP contribution in [0.15, 0.2) is 6.07 Å². The summed E-state index contributed by atoms with van der Waals surface area (Å²) in [6.45, 7) is 5.85. The van der Waals surface area contributed by atoms with Gasteiger partial charge in [0.05, 0.1) is 11.5 Å². The summed E-state index contributed by atoms with van der Waals surface area (Å²) in [7, 11) is 1.85. The molecule has 2 N–H and O–H groups in total. The molecule has 5 nitrogen and oxygen atoms in total. The van der Waals surface area contributed by atoms with Crippen molar-refractivity contribution in [1.29, 1.82) is 0 Å². The summed E-state index contributed by atoms with van der Waals surface area (Å²) in [5, 5.41) is 14.0. The number of aliphatic hydroxyl groups excluding tert-OH is 1. The Morgan fingerprint density at radius 1 is 1.52 bits per heavy atom. The van der Waals surface area contributed by atoms with Gasteiger partial charge in [0, 0.05) is 30.9 Å². The van der Waals surface area contributed by atoms with Crippen molar-refractivity contribution in [2.75, 3.05) is 30.4 Å². The maximum Gasteiger partial charge on any atom is 0.225 e. The maximum atomic E-state index is 9.80. The van der Waals surface area contributed by atoms with Gasteiger partial charge in [-0.3, -0.25) is 0 Å². The van der Waals surface area contributed by atoms with E-state index in [0.717, 1.165) is 42.0 Å². The van der Waals surface area contributed by atoms with E-state index >= 15 is 0 Å². The second kappa shape index (κ2) is 5.77. The summed E-state index contributed by atoms with van der Waals surface area (Å²) < 4.78 is 0. The van der Waals surface area contributed by atoms with Gasteiger partial charge in [0.15, 0.2) is 0 Å². The molecular weight excluding hydrogens is 284 g/mol. The highest BCUT2D eigenvalue weighted by Crippen LogP contribution is 2.35. The zero-order valence-electron chi connectivity index (χ0n) is 12.8. The molecule has 0 radical (unpaired) electrons. The molecule has 21 heavy (non-hydrogen) atoms. The molecule has 2 aromatic heterocycles. The molecule has 1 aliphatic heterocycles. The largest absolute Gasteiger partial charge is 0.393 e. The molecule has 114 valence electrons. The van der Waals surface area contributed by atoms with Crippen LogP contribution in [0.3, 0.4) is 0 Å². The Morgan fingerprint density at radius 3 is 2.95 bits per heavy atom. The van der Waals surface area contributed by atoms with Crippen molar-refractivity contribution in [2.45, 2.75) is 32.8 Å². The molecule has 3 heterocycles. The molecule has 2 aromatic rings. The van der Waals surface area contributed by atoms with Crippen LogP contribution in [0.4, 0.5) is 11.8 Å². The van der Waals surface area contributed by atoms with Crippen LogP contribution in [0.5, 0.6) is 0 Å². The van der Waals surface area contributed by atoms with Gasteiger partial charge in [-0.1, -0.05) is 6.92 Å². The number of thiophene rings is 1. The van der Waals surface area contributed by atoms with Gasteiger partial charge in [-0.2, -0.15) is 4.98 Å². The molecule has 6 heteroatoms. The molecule has 0 bridgehead atoms. The van der Waals surface area contributed by atoms with E-state index in [1.807, 2.05) is 14.0 Å². The predicted molar refractivity (Wildman–Crippen MR) is 88.3 cm³/mol. The molecule has 0 spiro atoms. The fraction of sp³-hybridized carbons (Fsp3) is 0.600. The van der Waals surface area contributed by atoms with Crippen molar-refractivity contribution in [3.05, 3.63) is 10.9 Å². The summed E-state index contributed by atoms with van der Waals surface area (Å²) in [6.07, 6.45) is 1.78. The van der Waals surface area contributed by atoms with Gasteiger partial charge in [-0.05, 0) is 25.8 Å². The van der Waals surface area contributed by atoms with E-state index in [1.165, 1.54) is 4.88 Å². The van der Waals surface area contributed by atoms with Crippen molar-refractivity contribution in [3.63, 3.8) is 0 Å². The second-order valence-electron chi connectivity index (χ2n) is 5.64. The number of nitrogens with one attached hydrogen (secondary N) is 1. The third kappa shape index (κ3) is 2.70. The number of hydrogen-bond acceptors (Lipinski definition) is 6. The first kappa shape index (κ1) is 14.5. The van der Waals surface area contributed by atoms with Gasteiger partial charge in [0.2, 0.25) is 5.95 Å². The fourth-order valence-electron chi connectivity index (χ4n) is 2.86. The molecule has 1 saturated heterocycles. The molecule has 0 aromatic carbocycles. The molecule has 2 atom stereocenters. The monoisotopic (exact) mass is 306 g/mol. The van der Waals surface area contributed by atoms with Crippen molar-refractivity contribution in [2.24, 2.45) is 5.92 Å². The quantitative estimate of drug-likeness (QED) is 0.909. The van der Waals surface area contributed by atoms with Crippen LogP contribution in [0.25, 0.3) is 10.2 Å². The Labute approximate surface area is 129 Å². The van der Waals surface area contributed by atoms with Crippen molar-refractivity contribution < 1.29 is 5.11 Å². The lowest BCUT2D eigenvalue weighted by Gasteiger charge is -2.20. The zero-order valence-corrected chi connectivity index (χ0v) is 13.6. The van der Waals surface area contributed by atoms with Gasteiger partial charge >= 0.3 is 0 Å². The van der Waals surface area contributed by atoms with Gasteiger partial charge < -0.3 is 15.3 Å². The van der Waals surface area contributed by atoms with Gasteiger partial charge in [0.1, 0.15) is 10.6 Å². The SMILES string of the molecule is CCc1cc2c(N3CCC(C(C)O)C3)nc(NC)nc2s1. The van der Waals surface area contributed by atoms with Gasteiger partial charge in [0.25, 0.3) is 0 Å². The van der Waals surface area contributed by atoms with E-state index in [0.29, 0.717) is 11.9 Å². The van der Waals surface area contributed by atoms with E-state index in [2.05, 4.69) is 33.2 Å². The minimum Gasteiger partial charge on any atom is -0.393 e. The molecule has 0 saturated carbocycles. The second-order valence-corrected chi connectivity index (χ2v) is 6.76. The number of nitrogens with zero attached hydrogens (tertiary/aromatic N) is 3. The highest BCUT2D eigenvalue weighted by molar-refractivity contribution is 7.18. The lowest BCUT2D eigenvalue weighted by Crippen LogP contribution is -2.25. The molecular formula is C15H22N4OS. The molecule has 2 unspecified atom stereocenters. The fourth-order valence-corrected chi connectivity index (χ4v) is 3.82. The Morgan fingerprint density at radius 2 is 2.33 bits per heavy atom. The third-order valence-corrected chi connectivity index (χ3v) is 5.38. The minimum absolute atomic E-state index is 0.259. The highest BCUT2D eigenvalue weighted by atomic mass is 32.1. The Hall–Kier alpha value is -1.40. The third-order valence-electron chi connectivity index (χ3n) is 4.20. The van der Waals surface area contributed by atoms with Crippen LogP contribution in [-0.2, 0) is 6.42 Å². The minimum atomic E-state index is -0.259. The Kier molecular flexibility index (Phi) is 3.99. The van der Waals surface area contributed by atoms with Crippen LogP contribution >= 0.6 is 11.3 Å². The van der Waals surface area contributed by atoms with E-state index in [9.17, 15) is 5.11 Å². The van der Waals surface area contributed by atoms with E-state index < -0.39 is 0 Å².